The van der Waals surface area contributed by atoms with Crippen molar-refractivity contribution in [1.29, 1.82) is 0 Å². The highest BCUT2D eigenvalue weighted by atomic mass is 35.5. The van der Waals surface area contributed by atoms with Crippen LogP contribution in [0.5, 0.6) is 0 Å². The lowest BCUT2D eigenvalue weighted by Crippen LogP contribution is -2.33. The van der Waals surface area contributed by atoms with Crippen molar-refractivity contribution >= 4 is 33.3 Å². The minimum atomic E-state index is -3.58. The maximum Gasteiger partial charge on any atom is 0.242 e. The molecule has 0 unspecified atom stereocenters. The third kappa shape index (κ3) is 5.40. The van der Waals surface area contributed by atoms with Crippen molar-refractivity contribution in [3.63, 3.8) is 0 Å². The van der Waals surface area contributed by atoms with Gasteiger partial charge in [0.2, 0.25) is 10.0 Å². The van der Waals surface area contributed by atoms with Crippen LogP contribution in [0, 0.1) is 6.92 Å². The van der Waals surface area contributed by atoms with Crippen LogP contribution in [-0.2, 0) is 14.8 Å². The van der Waals surface area contributed by atoms with Crippen molar-refractivity contribution < 1.29 is 13.2 Å². The maximum atomic E-state index is 12.4. The summed E-state index contributed by atoms with van der Waals surface area (Å²) in [4.78, 5) is 4.47. The van der Waals surface area contributed by atoms with Crippen molar-refractivity contribution in [2.24, 2.45) is 0 Å². The van der Waals surface area contributed by atoms with E-state index in [-0.39, 0.29) is 17.3 Å². The molecule has 2 rings (SSSR count). The molecule has 2 N–H and O–H groups in total. The van der Waals surface area contributed by atoms with E-state index in [0.717, 1.165) is 10.9 Å². The molecule has 8 heteroatoms. The third-order valence-corrected chi connectivity index (χ3v) is 4.67. The Bertz CT molecular complexity index is 738. The lowest BCUT2D eigenvalue weighted by Gasteiger charge is -2.10. The van der Waals surface area contributed by atoms with Gasteiger partial charge in [-0.3, -0.25) is 4.98 Å². The lowest BCUT2D eigenvalue weighted by molar-refractivity contribution is 0.199. The predicted octanol–water partition coefficient (Wildman–Crippen LogP) is 1.48. The highest BCUT2D eigenvalue weighted by molar-refractivity contribution is 7.89. The number of rotatable bonds is 8. The molecule has 0 aliphatic rings. The lowest BCUT2D eigenvalue weighted by atomic mass is 10.2. The Morgan fingerprint density at radius 3 is 2.74 bits per heavy atom. The first-order valence-electron chi connectivity index (χ1n) is 7.09. The standard InChI is InChI=1S/C15H21N3O3S.ClH/c1-12-10-13-4-3-5-14(15(13)17-11-12)22(19,20)18-7-6-16-8-9-21-2;/h3-5,10-11,16,18H,6-9H2,1-2H3;1H. The van der Waals surface area contributed by atoms with Crippen LogP contribution in [-0.4, -0.2) is 46.8 Å². The van der Waals surface area contributed by atoms with Gasteiger partial charge in [-0.05, 0) is 24.6 Å². The van der Waals surface area contributed by atoms with Gasteiger partial charge in [0.05, 0.1) is 12.1 Å². The molecule has 1 aromatic heterocycles. The molecule has 0 amide bonds. The molecule has 0 saturated heterocycles. The summed E-state index contributed by atoms with van der Waals surface area (Å²) in [6, 6.07) is 7.09. The fourth-order valence-corrected chi connectivity index (χ4v) is 3.32. The number of ether oxygens (including phenoxy) is 1. The van der Waals surface area contributed by atoms with Crippen LogP contribution in [0.3, 0.4) is 0 Å². The zero-order chi connectivity index (χ0) is 16.0. The number of aromatic nitrogens is 1. The van der Waals surface area contributed by atoms with E-state index in [2.05, 4.69) is 15.0 Å². The molecular formula is C15H22ClN3O3S. The number of fused-ring (bicyclic) bond motifs is 1. The minimum Gasteiger partial charge on any atom is -0.383 e. The largest absolute Gasteiger partial charge is 0.383 e. The number of para-hydroxylation sites is 1. The maximum absolute atomic E-state index is 12.4. The second-order valence-electron chi connectivity index (χ2n) is 4.98. The second-order valence-corrected chi connectivity index (χ2v) is 6.72. The van der Waals surface area contributed by atoms with E-state index in [1.54, 1.807) is 25.4 Å². The summed E-state index contributed by atoms with van der Waals surface area (Å²) in [6.45, 7) is 4.07. The number of hydrogen-bond donors (Lipinski definition) is 2. The van der Waals surface area contributed by atoms with E-state index in [1.165, 1.54) is 0 Å². The van der Waals surface area contributed by atoms with E-state index >= 15 is 0 Å². The van der Waals surface area contributed by atoms with Crippen LogP contribution in [0.4, 0.5) is 0 Å². The molecule has 0 aliphatic carbocycles. The quantitative estimate of drug-likeness (QED) is 0.698. The molecule has 0 aliphatic heterocycles. The number of nitrogens with zero attached hydrogens (tertiary/aromatic N) is 1. The number of aryl methyl sites for hydroxylation is 1. The fourth-order valence-electron chi connectivity index (χ4n) is 2.11. The highest BCUT2D eigenvalue weighted by Crippen LogP contribution is 2.21. The van der Waals surface area contributed by atoms with Crippen molar-refractivity contribution in [1.82, 2.24) is 15.0 Å². The first-order chi connectivity index (χ1) is 10.5. The summed E-state index contributed by atoms with van der Waals surface area (Å²) in [6.07, 6.45) is 1.67. The van der Waals surface area contributed by atoms with Crippen LogP contribution in [0.15, 0.2) is 35.4 Å². The Labute approximate surface area is 143 Å². The Kier molecular flexibility index (Phi) is 7.87. The van der Waals surface area contributed by atoms with Crippen molar-refractivity contribution in [2.75, 3.05) is 33.4 Å². The number of pyridine rings is 1. The van der Waals surface area contributed by atoms with Crippen LogP contribution in [0.2, 0.25) is 0 Å². The summed E-state index contributed by atoms with van der Waals surface area (Å²) in [5, 5.41) is 3.91. The molecule has 2 aromatic rings. The van der Waals surface area contributed by atoms with Crippen molar-refractivity contribution in [3.05, 3.63) is 36.0 Å². The Balaban J connectivity index is 0.00000264. The number of methoxy groups -OCH3 is 1. The minimum absolute atomic E-state index is 0. The van der Waals surface area contributed by atoms with Gasteiger partial charge in [-0.25, -0.2) is 13.1 Å². The van der Waals surface area contributed by atoms with E-state index in [4.69, 9.17) is 4.74 Å². The van der Waals surface area contributed by atoms with Gasteiger partial charge >= 0.3 is 0 Å². The van der Waals surface area contributed by atoms with E-state index in [9.17, 15) is 8.42 Å². The molecule has 0 saturated carbocycles. The topological polar surface area (TPSA) is 80.3 Å². The first-order valence-corrected chi connectivity index (χ1v) is 8.57. The Morgan fingerprint density at radius 2 is 2.00 bits per heavy atom. The highest BCUT2D eigenvalue weighted by Gasteiger charge is 2.17. The molecule has 0 radical (unpaired) electrons. The third-order valence-electron chi connectivity index (χ3n) is 3.18. The Morgan fingerprint density at radius 1 is 1.22 bits per heavy atom. The van der Waals surface area contributed by atoms with E-state index in [0.29, 0.717) is 31.8 Å². The van der Waals surface area contributed by atoms with Crippen LogP contribution in [0.1, 0.15) is 5.56 Å². The Hall–Kier alpha value is -1.25. The first kappa shape index (κ1) is 19.8. The number of hydrogen-bond acceptors (Lipinski definition) is 5. The van der Waals surface area contributed by atoms with Crippen LogP contribution in [0.25, 0.3) is 10.9 Å². The number of sulfonamides is 1. The molecule has 0 bridgehead atoms. The number of benzene rings is 1. The molecule has 6 nitrogen and oxygen atoms in total. The van der Waals surface area contributed by atoms with Gasteiger partial charge in [0.25, 0.3) is 0 Å². The molecule has 0 fully saturated rings. The monoisotopic (exact) mass is 359 g/mol. The SMILES string of the molecule is COCCNCCNS(=O)(=O)c1cccc2cc(C)cnc12.Cl. The molecule has 1 heterocycles. The van der Waals surface area contributed by atoms with Gasteiger partial charge in [0.1, 0.15) is 4.90 Å². The molecular weight excluding hydrogens is 338 g/mol. The molecule has 0 spiro atoms. The van der Waals surface area contributed by atoms with Crippen molar-refractivity contribution in [3.8, 4) is 0 Å². The van der Waals surface area contributed by atoms with Crippen molar-refractivity contribution in [2.45, 2.75) is 11.8 Å². The fraction of sp³-hybridized carbons (Fsp3) is 0.400. The molecule has 23 heavy (non-hydrogen) atoms. The summed E-state index contributed by atoms with van der Waals surface area (Å²) in [7, 11) is -1.95. The number of nitrogens with one attached hydrogen (secondary N) is 2. The zero-order valence-electron chi connectivity index (χ0n) is 13.2. The van der Waals surface area contributed by atoms with Crippen LogP contribution >= 0.6 is 12.4 Å². The summed E-state index contributed by atoms with van der Waals surface area (Å²) < 4.78 is 32.3. The average Bonchev–Trinajstić information content (AvgIpc) is 2.49. The summed E-state index contributed by atoms with van der Waals surface area (Å²) in [5.41, 5.74) is 1.49. The van der Waals surface area contributed by atoms with Gasteiger partial charge in [-0.15, -0.1) is 12.4 Å². The molecule has 1 aromatic carbocycles. The number of halogens is 1. The van der Waals surface area contributed by atoms with Crippen LogP contribution < -0.4 is 10.0 Å². The second kappa shape index (κ2) is 9.14. The predicted molar refractivity (Wildman–Crippen MR) is 93.7 cm³/mol. The molecule has 0 atom stereocenters. The summed E-state index contributed by atoms with van der Waals surface area (Å²) in [5.74, 6) is 0. The summed E-state index contributed by atoms with van der Waals surface area (Å²) >= 11 is 0. The zero-order valence-corrected chi connectivity index (χ0v) is 14.8. The molecule has 128 valence electrons. The van der Waals surface area contributed by atoms with Gasteiger partial charge in [0, 0.05) is 38.3 Å². The van der Waals surface area contributed by atoms with Gasteiger partial charge in [0.15, 0.2) is 0 Å². The van der Waals surface area contributed by atoms with Gasteiger partial charge < -0.3 is 10.1 Å². The van der Waals surface area contributed by atoms with E-state index in [1.807, 2.05) is 19.1 Å². The van der Waals surface area contributed by atoms with Gasteiger partial charge in [-0.2, -0.15) is 0 Å². The average molecular weight is 360 g/mol. The van der Waals surface area contributed by atoms with E-state index < -0.39 is 10.0 Å². The normalized spacial score (nSPS) is 11.4. The van der Waals surface area contributed by atoms with Gasteiger partial charge in [-0.1, -0.05) is 12.1 Å². The smallest absolute Gasteiger partial charge is 0.242 e.